The largest absolute Gasteiger partial charge is 0.393 e. The second kappa shape index (κ2) is 12.0. The lowest BCUT2D eigenvalue weighted by Gasteiger charge is -2.17. The van der Waals surface area contributed by atoms with E-state index in [1.165, 1.54) is 57.8 Å². The van der Waals surface area contributed by atoms with Crippen LogP contribution in [0.3, 0.4) is 0 Å². The van der Waals surface area contributed by atoms with Gasteiger partial charge in [-0.05, 0) is 44.4 Å². The standard InChI is InChI=1S/C20H36O/c1-3-5-7-9-11-13-15-19-18(16-17-20(19)21)14-12-10-8-6-4-2/h10,12-13,15,18-21H,3-9,11,14,16-17H2,1-2H3/b12-10-,15-13+/t18-,19?,20+/m0/s1. The van der Waals surface area contributed by atoms with Gasteiger partial charge in [-0.1, -0.05) is 70.3 Å². The highest BCUT2D eigenvalue weighted by Crippen LogP contribution is 2.36. The Labute approximate surface area is 132 Å². The molecule has 0 saturated heterocycles. The smallest absolute Gasteiger partial charge is 0.0605 e. The molecular formula is C20H36O. The Kier molecular flexibility index (Phi) is 10.6. The Balaban J connectivity index is 2.28. The van der Waals surface area contributed by atoms with E-state index in [0.29, 0.717) is 11.8 Å². The number of aliphatic hydroxyl groups is 1. The van der Waals surface area contributed by atoms with Gasteiger partial charge in [0.25, 0.3) is 0 Å². The monoisotopic (exact) mass is 292 g/mol. The van der Waals surface area contributed by atoms with Gasteiger partial charge in [-0.2, -0.15) is 0 Å². The molecule has 1 heteroatoms. The number of hydrogen-bond acceptors (Lipinski definition) is 1. The van der Waals surface area contributed by atoms with Crippen molar-refractivity contribution in [2.24, 2.45) is 11.8 Å². The van der Waals surface area contributed by atoms with Crippen LogP contribution in [0.1, 0.15) is 84.5 Å². The molecule has 1 fully saturated rings. The second-order valence-electron chi connectivity index (χ2n) is 6.61. The molecular weight excluding hydrogens is 256 g/mol. The molecule has 0 aromatic carbocycles. The van der Waals surface area contributed by atoms with E-state index in [1.807, 2.05) is 0 Å². The third kappa shape index (κ3) is 7.85. The average molecular weight is 293 g/mol. The molecule has 1 aliphatic rings. The molecule has 1 unspecified atom stereocenters. The minimum Gasteiger partial charge on any atom is -0.393 e. The molecule has 1 N–H and O–H groups in total. The van der Waals surface area contributed by atoms with Crippen LogP contribution in [0.15, 0.2) is 24.3 Å². The van der Waals surface area contributed by atoms with E-state index >= 15 is 0 Å². The molecule has 1 nitrogen and oxygen atoms in total. The summed E-state index contributed by atoms with van der Waals surface area (Å²) in [5.74, 6) is 1.05. The summed E-state index contributed by atoms with van der Waals surface area (Å²) < 4.78 is 0. The molecule has 0 radical (unpaired) electrons. The van der Waals surface area contributed by atoms with Crippen LogP contribution in [0.25, 0.3) is 0 Å². The van der Waals surface area contributed by atoms with E-state index in [9.17, 15) is 5.11 Å². The van der Waals surface area contributed by atoms with E-state index < -0.39 is 0 Å². The Morgan fingerprint density at radius 3 is 2.38 bits per heavy atom. The van der Waals surface area contributed by atoms with Gasteiger partial charge >= 0.3 is 0 Å². The summed E-state index contributed by atoms with van der Waals surface area (Å²) in [6.45, 7) is 4.49. The van der Waals surface area contributed by atoms with Crippen molar-refractivity contribution in [3.8, 4) is 0 Å². The lowest BCUT2D eigenvalue weighted by Crippen LogP contribution is -2.16. The third-order valence-electron chi connectivity index (χ3n) is 4.73. The minimum absolute atomic E-state index is 0.106. The molecule has 1 saturated carbocycles. The number of aliphatic hydroxyl groups excluding tert-OH is 1. The fourth-order valence-electron chi connectivity index (χ4n) is 3.30. The van der Waals surface area contributed by atoms with Gasteiger partial charge in [0.15, 0.2) is 0 Å². The predicted octanol–water partition coefficient (Wildman–Crippen LogP) is 6.04. The maximum atomic E-state index is 10.2. The molecule has 122 valence electrons. The molecule has 0 aliphatic heterocycles. The summed E-state index contributed by atoms with van der Waals surface area (Å²) in [6, 6.07) is 0. The molecule has 0 aromatic heterocycles. The Bertz CT molecular complexity index is 292. The summed E-state index contributed by atoms with van der Waals surface area (Å²) >= 11 is 0. The molecule has 0 aromatic rings. The van der Waals surface area contributed by atoms with Crippen molar-refractivity contribution in [1.82, 2.24) is 0 Å². The number of unbranched alkanes of at least 4 members (excludes halogenated alkanes) is 6. The van der Waals surface area contributed by atoms with Crippen LogP contribution < -0.4 is 0 Å². The van der Waals surface area contributed by atoms with Crippen molar-refractivity contribution in [3.05, 3.63) is 24.3 Å². The minimum atomic E-state index is -0.106. The van der Waals surface area contributed by atoms with Gasteiger partial charge in [-0.25, -0.2) is 0 Å². The van der Waals surface area contributed by atoms with E-state index in [1.54, 1.807) is 0 Å². The number of hydrogen-bond donors (Lipinski definition) is 1. The van der Waals surface area contributed by atoms with Crippen LogP contribution >= 0.6 is 0 Å². The first-order valence-electron chi connectivity index (χ1n) is 9.29. The summed E-state index contributed by atoms with van der Waals surface area (Å²) in [5.41, 5.74) is 0. The quantitative estimate of drug-likeness (QED) is 0.364. The van der Waals surface area contributed by atoms with E-state index in [2.05, 4.69) is 38.2 Å². The summed E-state index contributed by atoms with van der Waals surface area (Å²) in [4.78, 5) is 0. The van der Waals surface area contributed by atoms with Crippen molar-refractivity contribution in [2.75, 3.05) is 0 Å². The fourth-order valence-corrected chi connectivity index (χ4v) is 3.30. The topological polar surface area (TPSA) is 20.2 Å². The third-order valence-corrected chi connectivity index (χ3v) is 4.73. The van der Waals surface area contributed by atoms with Crippen molar-refractivity contribution >= 4 is 0 Å². The van der Waals surface area contributed by atoms with Crippen LogP contribution in [0.4, 0.5) is 0 Å². The zero-order valence-electron chi connectivity index (χ0n) is 14.3. The highest BCUT2D eigenvalue weighted by Gasteiger charge is 2.31. The van der Waals surface area contributed by atoms with Crippen molar-refractivity contribution in [3.63, 3.8) is 0 Å². The molecule has 3 atom stereocenters. The average Bonchev–Trinajstić information content (AvgIpc) is 2.83. The molecule has 0 bridgehead atoms. The van der Waals surface area contributed by atoms with Gasteiger partial charge < -0.3 is 5.11 Å². The number of allylic oxidation sites excluding steroid dienone is 3. The molecule has 0 heterocycles. The van der Waals surface area contributed by atoms with Gasteiger partial charge in [0.05, 0.1) is 6.10 Å². The molecule has 0 amide bonds. The van der Waals surface area contributed by atoms with Crippen LogP contribution in [0, 0.1) is 11.8 Å². The predicted molar refractivity (Wildman–Crippen MR) is 93.4 cm³/mol. The van der Waals surface area contributed by atoms with E-state index in [4.69, 9.17) is 0 Å². The Morgan fingerprint density at radius 1 is 0.857 bits per heavy atom. The SMILES string of the molecule is CCCC/C=C\C[C@H]1CC[C@@H](O)C1/C=C/CCCCCC. The zero-order valence-corrected chi connectivity index (χ0v) is 14.3. The van der Waals surface area contributed by atoms with Crippen LogP contribution in [0.2, 0.25) is 0 Å². The van der Waals surface area contributed by atoms with Gasteiger partial charge in [0, 0.05) is 5.92 Å². The highest BCUT2D eigenvalue weighted by atomic mass is 16.3. The molecule has 21 heavy (non-hydrogen) atoms. The normalized spacial score (nSPS) is 26.3. The highest BCUT2D eigenvalue weighted by molar-refractivity contribution is 5.01. The maximum Gasteiger partial charge on any atom is 0.0605 e. The summed E-state index contributed by atoms with van der Waals surface area (Å²) in [5, 5.41) is 10.2. The van der Waals surface area contributed by atoms with Crippen LogP contribution in [-0.2, 0) is 0 Å². The van der Waals surface area contributed by atoms with Crippen molar-refractivity contribution < 1.29 is 5.11 Å². The first-order chi connectivity index (χ1) is 10.3. The van der Waals surface area contributed by atoms with Crippen LogP contribution in [-0.4, -0.2) is 11.2 Å². The van der Waals surface area contributed by atoms with Gasteiger partial charge in [-0.3, -0.25) is 0 Å². The van der Waals surface area contributed by atoms with E-state index in [0.717, 1.165) is 12.8 Å². The zero-order chi connectivity index (χ0) is 15.3. The molecule has 1 aliphatic carbocycles. The Hall–Kier alpha value is -0.560. The van der Waals surface area contributed by atoms with Gasteiger partial charge in [-0.15, -0.1) is 0 Å². The van der Waals surface area contributed by atoms with E-state index in [-0.39, 0.29) is 6.10 Å². The maximum absolute atomic E-state index is 10.2. The Morgan fingerprint density at radius 2 is 1.62 bits per heavy atom. The van der Waals surface area contributed by atoms with Gasteiger partial charge in [0.1, 0.15) is 0 Å². The van der Waals surface area contributed by atoms with Gasteiger partial charge in [0.2, 0.25) is 0 Å². The lowest BCUT2D eigenvalue weighted by atomic mass is 9.91. The summed E-state index contributed by atoms with van der Waals surface area (Å²) in [6.07, 6.45) is 22.8. The first kappa shape index (κ1) is 18.5. The number of rotatable bonds is 11. The molecule has 0 spiro atoms. The fraction of sp³-hybridized carbons (Fsp3) is 0.800. The van der Waals surface area contributed by atoms with Crippen LogP contribution in [0.5, 0.6) is 0 Å². The van der Waals surface area contributed by atoms with Crippen molar-refractivity contribution in [2.45, 2.75) is 90.6 Å². The van der Waals surface area contributed by atoms with Crippen molar-refractivity contribution in [1.29, 1.82) is 0 Å². The lowest BCUT2D eigenvalue weighted by molar-refractivity contribution is 0.142. The second-order valence-corrected chi connectivity index (χ2v) is 6.61. The first-order valence-corrected chi connectivity index (χ1v) is 9.29. The molecule has 1 rings (SSSR count). The summed E-state index contributed by atoms with van der Waals surface area (Å²) in [7, 11) is 0.